The van der Waals surface area contributed by atoms with Crippen LogP contribution in [0.5, 0.6) is 0 Å². The van der Waals surface area contributed by atoms with Crippen LogP contribution >= 0.6 is 0 Å². The van der Waals surface area contributed by atoms with Crippen LogP contribution in [-0.4, -0.2) is 5.71 Å². The molecule has 0 aromatic heterocycles. The first kappa shape index (κ1) is 34.9. The average molecular weight is 531 g/mol. The van der Waals surface area contributed by atoms with Crippen LogP contribution in [0.2, 0.25) is 0 Å². The van der Waals surface area contributed by atoms with Gasteiger partial charge in [0, 0.05) is 24.5 Å². The van der Waals surface area contributed by atoms with E-state index in [2.05, 4.69) is 61.0 Å². The lowest BCUT2D eigenvalue weighted by molar-refractivity contribution is 0.617. The van der Waals surface area contributed by atoms with E-state index < -0.39 is 0 Å². The maximum atomic E-state index is 13.5. The molecule has 4 nitrogen and oxygen atoms in total. The zero-order chi connectivity index (χ0) is 30.0. The number of aryl methyl sites for hydroxylation is 1. The Bertz CT molecular complexity index is 1180. The van der Waals surface area contributed by atoms with E-state index in [9.17, 15) is 4.39 Å². The highest BCUT2D eigenvalue weighted by Gasteiger charge is 2.11. The molecule has 0 aliphatic heterocycles. The molecular formula is C34H47FN4. The third-order valence-electron chi connectivity index (χ3n) is 5.47. The lowest BCUT2D eigenvalue weighted by atomic mass is 10.0. The SMILES string of the molecule is C=CC.C=Cc1ccc([C@H](C)NC(=C)C(/C=C(\C)C(=C)NCc2ccc(F)c(C)c2)=N\C(C)=C\N)cc1.CC. The van der Waals surface area contributed by atoms with E-state index in [0.29, 0.717) is 29.2 Å². The summed E-state index contributed by atoms with van der Waals surface area (Å²) in [7, 11) is 0. The molecule has 2 aromatic rings. The van der Waals surface area contributed by atoms with E-state index in [1.165, 1.54) is 12.3 Å². The number of allylic oxidation sites excluding steroid dienone is 4. The highest BCUT2D eigenvalue weighted by Crippen LogP contribution is 2.17. The fourth-order valence-electron chi connectivity index (χ4n) is 3.21. The number of nitrogens with one attached hydrogen (secondary N) is 2. The zero-order valence-corrected chi connectivity index (χ0v) is 24.9. The maximum Gasteiger partial charge on any atom is 0.126 e. The van der Waals surface area contributed by atoms with Gasteiger partial charge < -0.3 is 16.4 Å². The number of aliphatic imine (C=N–C) groups is 1. The summed E-state index contributed by atoms with van der Waals surface area (Å²) in [5.74, 6) is -0.209. The number of rotatable bonds is 11. The predicted molar refractivity (Wildman–Crippen MR) is 171 cm³/mol. The highest BCUT2D eigenvalue weighted by atomic mass is 19.1. The Kier molecular flexibility index (Phi) is 17.0. The molecule has 2 rings (SSSR count). The summed E-state index contributed by atoms with van der Waals surface area (Å²) in [6.07, 6.45) is 6.94. The van der Waals surface area contributed by atoms with Crippen molar-refractivity contribution in [2.24, 2.45) is 10.7 Å². The van der Waals surface area contributed by atoms with Crippen molar-refractivity contribution in [3.8, 4) is 0 Å². The fourth-order valence-corrected chi connectivity index (χ4v) is 3.21. The van der Waals surface area contributed by atoms with Gasteiger partial charge in [0.15, 0.2) is 0 Å². The van der Waals surface area contributed by atoms with Crippen molar-refractivity contribution in [1.82, 2.24) is 10.6 Å². The number of nitrogens with two attached hydrogens (primary N) is 1. The minimum Gasteiger partial charge on any atom is -0.403 e. The molecule has 0 heterocycles. The van der Waals surface area contributed by atoms with E-state index in [1.807, 2.05) is 65.0 Å². The van der Waals surface area contributed by atoms with Gasteiger partial charge in [0.25, 0.3) is 0 Å². The second kappa shape index (κ2) is 19.0. The maximum absolute atomic E-state index is 13.5. The van der Waals surface area contributed by atoms with E-state index in [0.717, 1.165) is 28.0 Å². The zero-order valence-electron chi connectivity index (χ0n) is 24.9. The summed E-state index contributed by atoms with van der Waals surface area (Å²) >= 11 is 0. The van der Waals surface area contributed by atoms with Crippen molar-refractivity contribution in [2.45, 2.75) is 61.1 Å². The molecule has 0 saturated heterocycles. The number of hydrogen-bond acceptors (Lipinski definition) is 4. The molecule has 0 aliphatic carbocycles. The van der Waals surface area contributed by atoms with Gasteiger partial charge in [0.1, 0.15) is 5.82 Å². The number of nitrogens with zero attached hydrogens (tertiary/aromatic N) is 1. The van der Waals surface area contributed by atoms with Crippen LogP contribution in [0.4, 0.5) is 4.39 Å². The minimum absolute atomic E-state index is 0.0236. The van der Waals surface area contributed by atoms with E-state index in [4.69, 9.17) is 5.73 Å². The number of benzene rings is 2. The van der Waals surface area contributed by atoms with Crippen LogP contribution in [0.25, 0.3) is 6.08 Å². The summed E-state index contributed by atoms with van der Waals surface area (Å²) in [4.78, 5) is 4.62. The normalized spacial score (nSPS) is 12.1. The van der Waals surface area contributed by atoms with Crippen LogP contribution < -0.4 is 16.4 Å². The summed E-state index contributed by atoms with van der Waals surface area (Å²) in [6, 6.07) is 13.3. The summed E-state index contributed by atoms with van der Waals surface area (Å²) in [5.41, 5.74) is 13.1. The van der Waals surface area contributed by atoms with Crippen molar-refractivity contribution in [1.29, 1.82) is 0 Å². The molecule has 0 amide bonds. The topological polar surface area (TPSA) is 62.4 Å². The van der Waals surface area contributed by atoms with Gasteiger partial charge in [-0.2, -0.15) is 0 Å². The van der Waals surface area contributed by atoms with Crippen molar-refractivity contribution in [3.05, 3.63) is 138 Å². The van der Waals surface area contributed by atoms with E-state index in [-0.39, 0.29) is 11.9 Å². The molecule has 0 bridgehead atoms. The molecule has 0 fully saturated rings. The van der Waals surface area contributed by atoms with E-state index in [1.54, 1.807) is 19.1 Å². The smallest absolute Gasteiger partial charge is 0.126 e. The number of halogens is 1. The standard InChI is InChI=1S/C29H35FN4.C3H6.C2H6/c1-8-25-9-12-27(13-10-25)23(6)34-24(7)29(33-21(4)17-31)16-19(2)22(5)32-18-26-11-14-28(30)20(3)15-26;1-3-2;1-2/h8-17,23,32,34H,1,5,7,18,31H2,2-4,6H3;3H,1H2,2H3;1-2H3/b19-16+,21-17+,33-29-;;/t23-;;/m0../s1. The minimum atomic E-state index is -0.209. The molecular weight excluding hydrogens is 483 g/mol. The Morgan fingerprint density at radius 2 is 1.64 bits per heavy atom. The van der Waals surface area contributed by atoms with Gasteiger partial charge in [0.2, 0.25) is 0 Å². The van der Waals surface area contributed by atoms with Crippen LogP contribution in [-0.2, 0) is 6.54 Å². The largest absolute Gasteiger partial charge is 0.403 e. The first-order valence-electron chi connectivity index (χ1n) is 13.1. The molecule has 2 aromatic carbocycles. The second-order valence-corrected chi connectivity index (χ2v) is 8.67. The van der Waals surface area contributed by atoms with Gasteiger partial charge >= 0.3 is 0 Å². The predicted octanol–water partition coefficient (Wildman–Crippen LogP) is 8.67. The van der Waals surface area contributed by atoms with Crippen molar-refractivity contribution < 1.29 is 4.39 Å². The molecule has 39 heavy (non-hydrogen) atoms. The van der Waals surface area contributed by atoms with Crippen LogP contribution in [0, 0.1) is 12.7 Å². The Morgan fingerprint density at radius 3 is 2.15 bits per heavy atom. The molecule has 4 N–H and O–H groups in total. The van der Waals surface area contributed by atoms with Gasteiger partial charge in [0.05, 0.1) is 17.1 Å². The molecule has 5 heteroatoms. The third kappa shape index (κ3) is 12.8. The molecule has 210 valence electrons. The monoisotopic (exact) mass is 530 g/mol. The summed E-state index contributed by atoms with van der Waals surface area (Å²) in [5, 5.41) is 6.72. The third-order valence-corrected chi connectivity index (χ3v) is 5.47. The Morgan fingerprint density at radius 1 is 1.05 bits per heavy atom. The van der Waals surface area contributed by atoms with Crippen LogP contribution in [0.15, 0.2) is 115 Å². The number of hydrogen-bond donors (Lipinski definition) is 3. The molecule has 0 unspecified atom stereocenters. The van der Waals surface area contributed by atoms with Gasteiger partial charge in [-0.3, -0.25) is 4.99 Å². The molecule has 0 aliphatic rings. The Hall–Kier alpha value is -4.12. The van der Waals surface area contributed by atoms with Crippen molar-refractivity contribution >= 4 is 11.8 Å². The Balaban J connectivity index is 0.00000269. The Labute approximate surface area is 236 Å². The lowest BCUT2D eigenvalue weighted by Crippen LogP contribution is -2.23. The van der Waals surface area contributed by atoms with E-state index >= 15 is 0 Å². The first-order valence-corrected chi connectivity index (χ1v) is 13.1. The highest BCUT2D eigenvalue weighted by molar-refractivity contribution is 6.08. The fraction of sp³-hybridized carbons (Fsp3) is 0.265. The summed E-state index contributed by atoms with van der Waals surface area (Å²) < 4.78 is 13.5. The quantitative estimate of drug-likeness (QED) is 0.155. The van der Waals surface area contributed by atoms with Crippen molar-refractivity contribution in [2.75, 3.05) is 0 Å². The van der Waals surface area contributed by atoms with Crippen molar-refractivity contribution in [3.63, 3.8) is 0 Å². The second-order valence-electron chi connectivity index (χ2n) is 8.67. The van der Waals surface area contributed by atoms with Gasteiger partial charge in [-0.05, 0) is 74.6 Å². The molecule has 0 saturated carbocycles. The van der Waals surface area contributed by atoms with Gasteiger partial charge in [-0.25, -0.2) is 4.39 Å². The summed E-state index contributed by atoms with van der Waals surface area (Å²) in [6.45, 7) is 29.5. The van der Waals surface area contributed by atoms with Gasteiger partial charge in [-0.1, -0.05) is 82.1 Å². The first-order chi connectivity index (χ1) is 18.6. The van der Waals surface area contributed by atoms with Crippen LogP contribution in [0.1, 0.15) is 69.8 Å². The molecule has 0 radical (unpaired) electrons. The lowest BCUT2D eigenvalue weighted by Gasteiger charge is -2.19. The van der Waals surface area contributed by atoms with Gasteiger partial charge in [-0.15, -0.1) is 6.58 Å². The average Bonchev–Trinajstić information content (AvgIpc) is 2.94. The molecule has 1 atom stereocenters. The molecule has 0 spiro atoms. The van der Waals surface area contributed by atoms with Crippen LogP contribution in [0.3, 0.4) is 0 Å².